The van der Waals surface area contributed by atoms with Crippen LogP contribution in [0.15, 0.2) is 12.7 Å². The van der Waals surface area contributed by atoms with Crippen molar-refractivity contribution in [3.05, 3.63) is 12.7 Å². The molecule has 2 rings (SSSR count). The van der Waals surface area contributed by atoms with E-state index in [2.05, 4.69) is 15.5 Å². The molecule has 0 spiro atoms. The van der Waals surface area contributed by atoms with Gasteiger partial charge in [0.1, 0.15) is 12.7 Å². The predicted octanol–water partition coefficient (Wildman–Crippen LogP) is 1.42. The van der Waals surface area contributed by atoms with Crippen molar-refractivity contribution in [3.63, 3.8) is 0 Å². The Morgan fingerprint density at radius 1 is 1.53 bits per heavy atom. The molecule has 1 unspecified atom stereocenters. The molecule has 1 heterocycles. The van der Waals surface area contributed by atoms with Crippen molar-refractivity contribution in [2.24, 2.45) is 11.8 Å². The smallest absolute Gasteiger partial charge is 0.243 e. The van der Waals surface area contributed by atoms with Gasteiger partial charge in [0.25, 0.3) is 0 Å². The fourth-order valence-electron chi connectivity index (χ4n) is 2.01. The fourth-order valence-corrected chi connectivity index (χ4v) is 2.01. The molecule has 1 aliphatic rings. The second kappa shape index (κ2) is 5.20. The molecule has 0 radical (unpaired) electrons. The van der Waals surface area contributed by atoms with Gasteiger partial charge in [0.15, 0.2) is 0 Å². The number of carbonyl (C=O) groups is 1. The van der Waals surface area contributed by atoms with Crippen molar-refractivity contribution in [2.75, 3.05) is 5.43 Å². The first-order chi connectivity index (χ1) is 8.16. The molecular weight excluding hydrogens is 230 g/mol. The van der Waals surface area contributed by atoms with Gasteiger partial charge in [-0.05, 0) is 18.8 Å². The maximum atomic E-state index is 12.4. The minimum absolute atomic E-state index is 0.0764. The van der Waals surface area contributed by atoms with Gasteiger partial charge >= 0.3 is 0 Å². The van der Waals surface area contributed by atoms with E-state index in [-0.39, 0.29) is 12.3 Å². The van der Waals surface area contributed by atoms with Crippen LogP contribution in [0.3, 0.4) is 0 Å². The zero-order valence-electron chi connectivity index (χ0n) is 9.22. The van der Waals surface area contributed by atoms with Crippen molar-refractivity contribution in [3.8, 4) is 0 Å². The zero-order valence-corrected chi connectivity index (χ0v) is 9.22. The summed E-state index contributed by atoms with van der Waals surface area (Å²) in [6.45, 7) is 0. The first-order valence-corrected chi connectivity index (χ1v) is 5.60. The highest BCUT2D eigenvalue weighted by molar-refractivity contribution is 5.86. The number of nitrogens with zero attached hydrogens (tertiary/aromatic N) is 3. The predicted molar refractivity (Wildman–Crippen MR) is 55.8 cm³/mol. The van der Waals surface area contributed by atoms with Gasteiger partial charge in [0.2, 0.25) is 12.3 Å². The summed E-state index contributed by atoms with van der Waals surface area (Å²) < 4.78 is 24.9. The second-order valence-corrected chi connectivity index (χ2v) is 4.24. The summed E-state index contributed by atoms with van der Waals surface area (Å²) in [7, 11) is 0. The van der Waals surface area contributed by atoms with Crippen LogP contribution in [0.2, 0.25) is 0 Å². The third-order valence-corrected chi connectivity index (χ3v) is 3.13. The van der Waals surface area contributed by atoms with Crippen LogP contribution >= 0.6 is 0 Å². The van der Waals surface area contributed by atoms with Gasteiger partial charge in [-0.15, -0.1) is 5.10 Å². The van der Waals surface area contributed by atoms with Crippen molar-refractivity contribution < 1.29 is 13.6 Å². The van der Waals surface area contributed by atoms with Crippen LogP contribution < -0.4 is 5.43 Å². The Kier molecular flexibility index (Phi) is 3.65. The van der Waals surface area contributed by atoms with E-state index >= 15 is 0 Å². The molecule has 1 saturated carbocycles. The number of carbonyl (C=O) groups excluding carboxylic acids is 1. The Hall–Kier alpha value is -1.53. The molecule has 5 nitrogen and oxygen atoms in total. The van der Waals surface area contributed by atoms with Gasteiger partial charge in [-0.1, -0.05) is 6.42 Å². The Morgan fingerprint density at radius 3 is 2.76 bits per heavy atom. The molecule has 1 aromatic rings. The first-order valence-electron chi connectivity index (χ1n) is 5.60. The molecule has 0 aromatic carbocycles. The maximum Gasteiger partial charge on any atom is 0.243 e. The summed E-state index contributed by atoms with van der Waals surface area (Å²) in [5, 5.41) is 3.71. The molecule has 1 aromatic heterocycles. The molecule has 1 fully saturated rings. The summed E-state index contributed by atoms with van der Waals surface area (Å²) in [5.41, 5.74) is 2.45. The normalized spacial score (nSPS) is 17.8. The number of amides is 1. The highest BCUT2D eigenvalue weighted by Gasteiger charge is 2.34. The zero-order chi connectivity index (χ0) is 12.3. The average Bonchev–Trinajstić information content (AvgIpc) is 2.65. The minimum atomic E-state index is -2.46. The molecule has 0 aliphatic heterocycles. The largest absolute Gasteiger partial charge is 0.273 e. The molecule has 7 heteroatoms. The van der Waals surface area contributed by atoms with Crippen molar-refractivity contribution in [1.29, 1.82) is 0 Å². The van der Waals surface area contributed by atoms with Gasteiger partial charge in [0.05, 0.1) is 0 Å². The summed E-state index contributed by atoms with van der Waals surface area (Å²) in [4.78, 5) is 16.6. The number of hydrogen-bond acceptors (Lipinski definition) is 3. The summed E-state index contributed by atoms with van der Waals surface area (Å²) in [6.07, 6.45) is 2.46. The van der Waals surface area contributed by atoms with Gasteiger partial charge in [-0.25, -0.2) is 19.2 Å². The Bertz CT molecular complexity index is 364. The molecule has 0 bridgehead atoms. The Labute approximate surface area is 97.2 Å². The van der Waals surface area contributed by atoms with Crippen LogP contribution in [0, 0.1) is 11.8 Å². The van der Waals surface area contributed by atoms with E-state index in [1.54, 1.807) is 0 Å². The van der Waals surface area contributed by atoms with E-state index < -0.39 is 18.3 Å². The molecule has 1 aliphatic carbocycles. The fraction of sp³-hybridized carbons (Fsp3) is 0.700. The van der Waals surface area contributed by atoms with Gasteiger partial charge in [0, 0.05) is 12.3 Å². The number of alkyl halides is 2. The van der Waals surface area contributed by atoms with Crippen LogP contribution in [0.1, 0.15) is 25.7 Å². The van der Waals surface area contributed by atoms with Gasteiger partial charge in [-0.2, -0.15) is 4.79 Å². The van der Waals surface area contributed by atoms with Crippen molar-refractivity contribution in [1.82, 2.24) is 14.9 Å². The molecule has 0 saturated heterocycles. The number of aromatic nitrogens is 3. The minimum Gasteiger partial charge on any atom is -0.273 e. The Morgan fingerprint density at radius 2 is 2.29 bits per heavy atom. The monoisotopic (exact) mass is 244 g/mol. The lowest BCUT2D eigenvalue weighted by atomic mass is 9.74. The van der Waals surface area contributed by atoms with Crippen LogP contribution in [0.4, 0.5) is 8.78 Å². The highest BCUT2D eigenvalue weighted by atomic mass is 19.3. The maximum absolute atomic E-state index is 12.4. The lowest BCUT2D eigenvalue weighted by molar-refractivity contribution is -0.125. The van der Waals surface area contributed by atoms with Crippen molar-refractivity contribution >= 4 is 5.91 Å². The van der Waals surface area contributed by atoms with Gasteiger partial charge in [-0.3, -0.25) is 4.79 Å². The first kappa shape index (κ1) is 11.9. The number of halogens is 2. The molecule has 17 heavy (non-hydrogen) atoms. The van der Waals surface area contributed by atoms with Crippen LogP contribution in [-0.4, -0.2) is 27.2 Å². The van der Waals surface area contributed by atoms with Crippen LogP contribution in [0.25, 0.3) is 0 Å². The summed E-state index contributed by atoms with van der Waals surface area (Å²) >= 11 is 0. The standard InChI is InChI=1S/C10H14F2N4O/c11-9(12)4-8(7-2-1-3-7)10(17)15-16-6-13-5-14-16/h5-9H,1-4H2,(H,15,17). The van der Waals surface area contributed by atoms with Crippen LogP contribution in [0.5, 0.6) is 0 Å². The summed E-state index contributed by atoms with van der Waals surface area (Å²) in [5.74, 6) is -0.957. The molecule has 1 amide bonds. The van der Waals surface area contributed by atoms with E-state index in [9.17, 15) is 13.6 Å². The summed E-state index contributed by atoms with van der Waals surface area (Å²) in [6, 6.07) is 0. The second-order valence-electron chi connectivity index (χ2n) is 4.24. The Balaban J connectivity index is 1.96. The lowest BCUT2D eigenvalue weighted by Crippen LogP contribution is -2.37. The topological polar surface area (TPSA) is 59.8 Å². The number of nitrogens with one attached hydrogen (secondary N) is 1. The average molecular weight is 244 g/mol. The number of rotatable bonds is 5. The highest BCUT2D eigenvalue weighted by Crippen LogP contribution is 2.36. The van der Waals surface area contributed by atoms with E-state index in [1.165, 1.54) is 12.7 Å². The molecular formula is C10H14F2N4O. The lowest BCUT2D eigenvalue weighted by Gasteiger charge is -2.32. The SMILES string of the molecule is O=C(Nn1cncn1)C(CC(F)F)C1CCC1. The van der Waals surface area contributed by atoms with E-state index in [0.29, 0.717) is 0 Å². The van der Waals surface area contributed by atoms with Gasteiger partial charge < -0.3 is 0 Å². The number of hydrogen-bond donors (Lipinski definition) is 1. The molecule has 1 atom stereocenters. The quantitative estimate of drug-likeness (QED) is 0.852. The van der Waals surface area contributed by atoms with E-state index in [4.69, 9.17) is 0 Å². The van der Waals surface area contributed by atoms with E-state index in [1.807, 2.05) is 0 Å². The van der Waals surface area contributed by atoms with Crippen LogP contribution in [-0.2, 0) is 4.79 Å². The molecule has 94 valence electrons. The van der Waals surface area contributed by atoms with Crippen molar-refractivity contribution in [2.45, 2.75) is 32.1 Å². The van der Waals surface area contributed by atoms with E-state index in [0.717, 1.165) is 24.1 Å². The third-order valence-electron chi connectivity index (χ3n) is 3.13. The molecule has 1 N–H and O–H groups in total. The third kappa shape index (κ3) is 2.98.